The number of rotatable bonds is 3. The number of halogens is 3. The predicted octanol–water partition coefficient (Wildman–Crippen LogP) is 4.96. The Bertz CT molecular complexity index is 525. The van der Waals surface area contributed by atoms with E-state index in [-0.39, 0.29) is 11.6 Å². The fourth-order valence-corrected chi connectivity index (χ4v) is 2.94. The Kier molecular flexibility index (Phi) is 4.76. The van der Waals surface area contributed by atoms with Gasteiger partial charge in [0.05, 0.1) is 16.8 Å². The maximum atomic E-state index is 12.7. The summed E-state index contributed by atoms with van der Waals surface area (Å²) in [6, 6.07) is 5.31. The molecule has 1 fully saturated rings. The summed E-state index contributed by atoms with van der Waals surface area (Å²) in [5.41, 5.74) is -0.244. The maximum absolute atomic E-state index is 12.7. The molecule has 1 N–H and O–H groups in total. The number of hydrogen-bond acceptors (Lipinski definition) is 2. The van der Waals surface area contributed by atoms with Crippen molar-refractivity contribution >= 4 is 5.69 Å². The molecule has 1 aliphatic carbocycles. The van der Waals surface area contributed by atoms with Crippen molar-refractivity contribution in [1.29, 1.82) is 5.26 Å². The number of anilines is 1. The first-order valence-electron chi connectivity index (χ1n) is 7.29. The van der Waals surface area contributed by atoms with E-state index < -0.39 is 11.7 Å². The summed E-state index contributed by atoms with van der Waals surface area (Å²) in [6.07, 6.45) is 1.52. The van der Waals surface area contributed by atoms with E-state index >= 15 is 0 Å². The van der Waals surface area contributed by atoms with Crippen molar-refractivity contribution in [3.63, 3.8) is 0 Å². The Morgan fingerprint density at radius 3 is 2.48 bits per heavy atom. The third kappa shape index (κ3) is 3.90. The van der Waals surface area contributed by atoms with E-state index in [1.807, 2.05) is 13.0 Å². The van der Waals surface area contributed by atoms with Crippen LogP contribution < -0.4 is 5.32 Å². The third-order valence-electron chi connectivity index (χ3n) is 4.21. The van der Waals surface area contributed by atoms with Gasteiger partial charge < -0.3 is 5.32 Å². The summed E-state index contributed by atoms with van der Waals surface area (Å²) in [5.74, 6) is 0.521. The molecule has 2 nitrogen and oxygen atoms in total. The van der Waals surface area contributed by atoms with Crippen LogP contribution in [0.15, 0.2) is 18.2 Å². The van der Waals surface area contributed by atoms with Gasteiger partial charge in [-0.05, 0) is 43.9 Å². The van der Waals surface area contributed by atoms with Gasteiger partial charge in [-0.3, -0.25) is 0 Å². The Morgan fingerprint density at radius 2 is 1.90 bits per heavy atom. The molecule has 1 saturated carbocycles. The van der Waals surface area contributed by atoms with E-state index in [4.69, 9.17) is 5.26 Å². The number of alkyl halides is 3. The van der Waals surface area contributed by atoms with Crippen molar-refractivity contribution < 1.29 is 13.2 Å². The Morgan fingerprint density at radius 1 is 1.24 bits per heavy atom. The summed E-state index contributed by atoms with van der Waals surface area (Å²) in [4.78, 5) is 0. The van der Waals surface area contributed by atoms with Crippen molar-refractivity contribution in [2.24, 2.45) is 5.92 Å². The average Bonchev–Trinajstić information content (AvgIpc) is 2.47. The van der Waals surface area contributed by atoms with Crippen LogP contribution in [0, 0.1) is 17.2 Å². The van der Waals surface area contributed by atoms with E-state index in [2.05, 4.69) is 5.32 Å². The van der Waals surface area contributed by atoms with Gasteiger partial charge in [-0.1, -0.05) is 19.3 Å². The number of nitriles is 1. The van der Waals surface area contributed by atoms with Crippen molar-refractivity contribution in [3.8, 4) is 6.07 Å². The minimum absolute atomic E-state index is 0.0486. The second-order valence-corrected chi connectivity index (χ2v) is 5.70. The zero-order valence-corrected chi connectivity index (χ0v) is 12.0. The molecular formula is C16H19F3N2. The Hall–Kier alpha value is -1.70. The number of benzene rings is 1. The molecular weight excluding hydrogens is 277 g/mol. The van der Waals surface area contributed by atoms with Crippen molar-refractivity contribution in [3.05, 3.63) is 29.3 Å². The fraction of sp³-hybridized carbons (Fsp3) is 0.562. The van der Waals surface area contributed by atoms with Gasteiger partial charge in [-0.15, -0.1) is 0 Å². The highest BCUT2D eigenvalue weighted by atomic mass is 19.4. The van der Waals surface area contributed by atoms with Gasteiger partial charge in [0.25, 0.3) is 0 Å². The van der Waals surface area contributed by atoms with Gasteiger partial charge in [0.2, 0.25) is 0 Å². The van der Waals surface area contributed by atoms with Crippen LogP contribution in [0.1, 0.15) is 50.2 Å². The second kappa shape index (κ2) is 6.38. The van der Waals surface area contributed by atoms with Crippen LogP contribution in [0.2, 0.25) is 0 Å². The molecule has 0 saturated heterocycles. The first-order chi connectivity index (χ1) is 9.91. The van der Waals surface area contributed by atoms with Crippen molar-refractivity contribution in [2.75, 3.05) is 5.32 Å². The summed E-state index contributed by atoms with van der Waals surface area (Å²) in [7, 11) is 0. The lowest BCUT2D eigenvalue weighted by atomic mass is 9.84. The largest absolute Gasteiger partial charge is 0.416 e. The lowest BCUT2D eigenvalue weighted by molar-refractivity contribution is -0.137. The van der Waals surface area contributed by atoms with Crippen LogP contribution in [0.5, 0.6) is 0 Å². The normalized spacial score (nSPS) is 18.0. The van der Waals surface area contributed by atoms with Gasteiger partial charge >= 0.3 is 6.18 Å². The molecule has 0 spiro atoms. The predicted molar refractivity (Wildman–Crippen MR) is 75.8 cm³/mol. The average molecular weight is 296 g/mol. The second-order valence-electron chi connectivity index (χ2n) is 5.70. The molecule has 1 aliphatic rings. The van der Waals surface area contributed by atoms with Crippen LogP contribution in [0.25, 0.3) is 0 Å². The minimum Gasteiger partial charge on any atom is -0.381 e. The molecule has 0 aliphatic heterocycles. The molecule has 21 heavy (non-hydrogen) atoms. The fourth-order valence-electron chi connectivity index (χ4n) is 2.94. The number of hydrogen-bond donors (Lipinski definition) is 1. The molecule has 5 heteroatoms. The maximum Gasteiger partial charge on any atom is 0.416 e. The Balaban J connectivity index is 2.14. The van der Waals surface area contributed by atoms with Gasteiger partial charge in [0.15, 0.2) is 0 Å². The van der Waals surface area contributed by atoms with Crippen LogP contribution in [0.4, 0.5) is 18.9 Å². The van der Waals surface area contributed by atoms with Crippen LogP contribution >= 0.6 is 0 Å². The topological polar surface area (TPSA) is 35.8 Å². The summed E-state index contributed by atoms with van der Waals surface area (Å²) < 4.78 is 38.0. The molecule has 114 valence electrons. The highest BCUT2D eigenvalue weighted by Gasteiger charge is 2.31. The zero-order chi connectivity index (χ0) is 15.5. The van der Waals surface area contributed by atoms with Gasteiger partial charge in [-0.25, -0.2) is 0 Å². The molecule has 1 unspecified atom stereocenters. The van der Waals surface area contributed by atoms with Gasteiger partial charge in [0.1, 0.15) is 6.07 Å². The lowest BCUT2D eigenvalue weighted by Gasteiger charge is -2.29. The van der Waals surface area contributed by atoms with Crippen LogP contribution in [0.3, 0.4) is 0 Å². The zero-order valence-electron chi connectivity index (χ0n) is 12.0. The minimum atomic E-state index is -4.42. The Labute approximate surface area is 123 Å². The van der Waals surface area contributed by atoms with Crippen LogP contribution in [-0.2, 0) is 6.18 Å². The molecule has 2 rings (SSSR count). The summed E-state index contributed by atoms with van der Waals surface area (Å²) in [6.45, 7) is 2.04. The molecule has 0 aromatic heterocycles. The van der Waals surface area contributed by atoms with E-state index in [1.54, 1.807) is 0 Å². The van der Waals surface area contributed by atoms with Gasteiger partial charge in [0, 0.05) is 6.04 Å². The highest BCUT2D eigenvalue weighted by Crippen LogP contribution is 2.33. The molecule has 1 aromatic carbocycles. The molecule has 1 atom stereocenters. The van der Waals surface area contributed by atoms with E-state index in [1.165, 1.54) is 25.3 Å². The number of nitrogens with one attached hydrogen (secondary N) is 1. The SMILES string of the molecule is CC(Nc1ccc(C(F)(F)F)cc1C#N)C1CCCCC1. The van der Waals surface area contributed by atoms with Crippen molar-refractivity contribution in [2.45, 2.75) is 51.2 Å². The first-order valence-corrected chi connectivity index (χ1v) is 7.29. The molecule has 1 aromatic rings. The molecule has 0 radical (unpaired) electrons. The monoisotopic (exact) mass is 296 g/mol. The first kappa shape index (κ1) is 15.7. The third-order valence-corrected chi connectivity index (χ3v) is 4.21. The van der Waals surface area contributed by atoms with E-state index in [0.29, 0.717) is 11.6 Å². The number of nitrogens with zero attached hydrogens (tertiary/aromatic N) is 1. The smallest absolute Gasteiger partial charge is 0.381 e. The summed E-state index contributed by atoms with van der Waals surface area (Å²) in [5, 5.41) is 12.3. The molecule has 0 heterocycles. The van der Waals surface area contributed by atoms with Crippen LogP contribution in [-0.4, -0.2) is 6.04 Å². The quantitative estimate of drug-likeness (QED) is 0.856. The van der Waals surface area contributed by atoms with Gasteiger partial charge in [-0.2, -0.15) is 18.4 Å². The molecule has 0 amide bonds. The van der Waals surface area contributed by atoms with E-state index in [0.717, 1.165) is 25.0 Å². The highest BCUT2D eigenvalue weighted by molar-refractivity contribution is 5.59. The standard InChI is InChI=1S/C16H19F3N2/c1-11(12-5-3-2-4-6-12)21-15-8-7-14(16(17,18)19)9-13(15)10-20/h7-9,11-12,21H,2-6H2,1H3. The van der Waals surface area contributed by atoms with Crippen molar-refractivity contribution in [1.82, 2.24) is 0 Å². The molecule has 0 bridgehead atoms. The lowest BCUT2D eigenvalue weighted by Crippen LogP contribution is -2.28. The van der Waals surface area contributed by atoms with E-state index in [9.17, 15) is 13.2 Å². The summed E-state index contributed by atoms with van der Waals surface area (Å²) >= 11 is 0.